The summed E-state index contributed by atoms with van der Waals surface area (Å²) in [4.78, 5) is 26.2. The van der Waals surface area contributed by atoms with Gasteiger partial charge in [0.15, 0.2) is 0 Å². The zero-order valence-corrected chi connectivity index (χ0v) is 16.5. The fourth-order valence-electron chi connectivity index (χ4n) is 3.77. The van der Waals surface area contributed by atoms with Crippen LogP contribution in [0.3, 0.4) is 0 Å². The lowest BCUT2D eigenvalue weighted by molar-refractivity contribution is -0.142. The third-order valence-electron chi connectivity index (χ3n) is 5.07. The molecular formula is C18H18ClF4N5O2. The Labute approximate surface area is 173 Å². The Morgan fingerprint density at radius 3 is 2.70 bits per heavy atom. The van der Waals surface area contributed by atoms with E-state index in [2.05, 4.69) is 10.4 Å². The van der Waals surface area contributed by atoms with Crippen LogP contribution in [0, 0.1) is 5.82 Å². The number of rotatable bonds is 4. The molecule has 30 heavy (non-hydrogen) atoms. The monoisotopic (exact) mass is 447 g/mol. The van der Waals surface area contributed by atoms with Crippen LogP contribution in [0.2, 0.25) is 5.02 Å². The van der Waals surface area contributed by atoms with E-state index in [1.807, 2.05) is 0 Å². The van der Waals surface area contributed by atoms with Gasteiger partial charge in [0.05, 0.1) is 11.2 Å². The van der Waals surface area contributed by atoms with Crippen molar-refractivity contribution in [2.24, 2.45) is 5.73 Å². The Balaban J connectivity index is 2.18. The van der Waals surface area contributed by atoms with E-state index in [0.29, 0.717) is 10.2 Å². The summed E-state index contributed by atoms with van der Waals surface area (Å²) in [6.45, 7) is 0.336. The predicted octanol–water partition coefficient (Wildman–Crippen LogP) is 2.64. The quantitative estimate of drug-likeness (QED) is 0.706. The van der Waals surface area contributed by atoms with E-state index in [-0.39, 0.29) is 23.7 Å². The standard InChI is InChI=1S/C18H18ClF4N5O2/c1-17(15(29)25-4-5-28(17)16(24)30)14(10-2-3-13(20)12(19)6-10)11-7-26-27(8-11)9-18(21,22)23/h2-3,6-8,14H,4-5,9H2,1H3,(H2,24,30)(H,25,29)/t14-,17?/m0/s1. The van der Waals surface area contributed by atoms with Crippen LogP contribution in [0.15, 0.2) is 30.6 Å². The molecule has 2 heterocycles. The van der Waals surface area contributed by atoms with Crippen molar-refractivity contribution >= 4 is 23.5 Å². The molecule has 1 fully saturated rings. The number of primary amides is 1. The second-order valence-corrected chi connectivity index (χ2v) is 7.49. The number of hydrogen-bond donors (Lipinski definition) is 2. The molecule has 1 aromatic heterocycles. The molecule has 7 nitrogen and oxygen atoms in total. The minimum atomic E-state index is -4.51. The van der Waals surface area contributed by atoms with Gasteiger partial charge in [0.1, 0.15) is 17.9 Å². The van der Waals surface area contributed by atoms with Crippen molar-refractivity contribution in [2.45, 2.75) is 31.1 Å². The molecule has 162 valence electrons. The Bertz CT molecular complexity index is 980. The minimum absolute atomic E-state index is 0.0830. The van der Waals surface area contributed by atoms with Crippen LogP contribution < -0.4 is 11.1 Å². The lowest BCUT2D eigenvalue weighted by Gasteiger charge is -2.47. The lowest BCUT2D eigenvalue weighted by atomic mass is 9.74. The number of benzene rings is 1. The highest BCUT2D eigenvalue weighted by molar-refractivity contribution is 6.30. The molecule has 3 amide bonds. The number of aromatic nitrogens is 2. The highest BCUT2D eigenvalue weighted by Crippen LogP contribution is 2.41. The average molecular weight is 448 g/mol. The van der Waals surface area contributed by atoms with Crippen LogP contribution in [0.5, 0.6) is 0 Å². The molecule has 1 aromatic carbocycles. The third kappa shape index (κ3) is 4.07. The minimum Gasteiger partial charge on any atom is -0.352 e. The van der Waals surface area contributed by atoms with Crippen molar-refractivity contribution < 1.29 is 27.2 Å². The molecule has 1 aliphatic rings. The Morgan fingerprint density at radius 2 is 2.10 bits per heavy atom. The third-order valence-corrected chi connectivity index (χ3v) is 5.36. The largest absolute Gasteiger partial charge is 0.408 e. The zero-order valence-electron chi connectivity index (χ0n) is 15.7. The van der Waals surface area contributed by atoms with Crippen molar-refractivity contribution in [1.29, 1.82) is 0 Å². The summed E-state index contributed by atoms with van der Waals surface area (Å²) in [5.41, 5.74) is 4.37. The summed E-state index contributed by atoms with van der Waals surface area (Å²) in [6, 6.07) is 2.80. The normalized spacial score (nSPS) is 20.7. The molecule has 3 N–H and O–H groups in total. The Morgan fingerprint density at radius 1 is 1.40 bits per heavy atom. The summed E-state index contributed by atoms with van der Waals surface area (Å²) >= 11 is 5.91. The van der Waals surface area contributed by atoms with E-state index in [4.69, 9.17) is 17.3 Å². The maximum atomic E-state index is 13.7. The maximum absolute atomic E-state index is 13.7. The molecule has 2 atom stereocenters. The van der Waals surface area contributed by atoms with E-state index < -0.39 is 41.9 Å². The molecule has 0 spiro atoms. The highest BCUT2D eigenvalue weighted by Gasteiger charge is 2.51. The van der Waals surface area contributed by atoms with Crippen molar-refractivity contribution in [3.63, 3.8) is 0 Å². The fraction of sp³-hybridized carbons (Fsp3) is 0.389. The lowest BCUT2D eigenvalue weighted by Crippen LogP contribution is -2.68. The molecule has 3 rings (SSSR count). The number of hydrogen-bond acceptors (Lipinski definition) is 3. The number of nitrogens with two attached hydrogens (primary N) is 1. The first-order chi connectivity index (χ1) is 13.9. The van der Waals surface area contributed by atoms with E-state index in [0.717, 1.165) is 17.2 Å². The summed E-state index contributed by atoms with van der Waals surface area (Å²) in [5, 5.41) is 6.13. The Kier molecular flexibility index (Phi) is 5.68. The van der Waals surface area contributed by atoms with Crippen molar-refractivity contribution in [3.8, 4) is 0 Å². The van der Waals surface area contributed by atoms with Crippen LogP contribution in [0.25, 0.3) is 0 Å². The van der Waals surface area contributed by atoms with Crippen LogP contribution in [0.1, 0.15) is 24.0 Å². The molecule has 1 aliphatic heterocycles. The fourth-order valence-corrected chi connectivity index (χ4v) is 3.96. The molecular weight excluding hydrogens is 430 g/mol. The summed E-state index contributed by atoms with van der Waals surface area (Å²) in [7, 11) is 0. The molecule has 0 aliphatic carbocycles. The van der Waals surface area contributed by atoms with E-state index in [9.17, 15) is 27.2 Å². The summed E-state index contributed by atoms with van der Waals surface area (Å²) in [5.74, 6) is -2.30. The zero-order chi connectivity index (χ0) is 22.3. The van der Waals surface area contributed by atoms with Crippen LogP contribution in [0.4, 0.5) is 22.4 Å². The molecule has 0 radical (unpaired) electrons. The molecule has 1 saturated heterocycles. The Hall–Kier alpha value is -2.82. The van der Waals surface area contributed by atoms with Gasteiger partial charge in [0.2, 0.25) is 5.91 Å². The number of amides is 3. The predicted molar refractivity (Wildman–Crippen MR) is 99.2 cm³/mol. The number of carbonyl (C=O) groups excluding carboxylic acids is 2. The van der Waals surface area contributed by atoms with Gasteiger partial charge in [0.25, 0.3) is 0 Å². The number of piperazine rings is 1. The van der Waals surface area contributed by atoms with Gasteiger partial charge in [0, 0.05) is 30.8 Å². The van der Waals surface area contributed by atoms with Gasteiger partial charge in [-0.1, -0.05) is 17.7 Å². The van der Waals surface area contributed by atoms with Gasteiger partial charge in [-0.15, -0.1) is 0 Å². The van der Waals surface area contributed by atoms with Gasteiger partial charge in [-0.2, -0.15) is 18.3 Å². The smallest absolute Gasteiger partial charge is 0.352 e. The van der Waals surface area contributed by atoms with Crippen LogP contribution >= 0.6 is 11.6 Å². The van der Waals surface area contributed by atoms with Gasteiger partial charge in [-0.05, 0) is 24.6 Å². The first kappa shape index (κ1) is 21.9. The van der Waals surface area contributed by atoms with Gasteiger partial charge in [-0.3, -0.25) is 9.48 Å². The van der Waals surface area contributed by atoms with E-state index in [1.165, 1.54) is 25.3 Å². The number of nitrogens with zero attached hydrogens (tertiary/aromatic N) is 3. The van der Waals surface area contributed by atoms with Crippen molar-refractivity contribution in [1.82, 2.24) is 20.0 Å². The van der Waals surface area contributed by atoms with Crippen molar-refractivity contribution in [3.05, 3.63) is 52.6 Å². The number of carbonyl (C=O) groups is 2. The molecule has 0 saturated carbocycles. The number of nitrogens with one attached hydrogen (secondary N) is 1. The molecule has 0 bridgehead atoms. The highest BCUT2D eigenvalue weighted by atomic mass is 35.5. The maximum Gasteiger partial charge on any atom is 0.408 e. The van der Waals surface area contributed by atoms with Gasteiger partial charge >= 0.3 is 12.2 Å². The molecule has 12 heteroatoms. The van der Waals surface area contributed by atoms with Crippen molar-refractivity contribution in [2.75, 3.05) is 13.1 Å². The summed E-state index contributed by atoms with van der Waals surface area (Å²) in [6.07, 6.45) is -2.22. The van der Waals surface area contributed by atoms with E-state index >= 15 is 0 Å². The first-order valence-corrected chi connectivity index (χ1v) is 9.20. The van der Waals surface area contributed by atoms with Gasteiger partial charge in [-0.25, -0.2) is 9.18 Å². The SMILES string of the molecule is CC1([C@@H](c2ccc(F)c(Cl)c2)c2cnn(CC(F)(F)F)c2)C(=O)NCCN1C(N)=O. The first-order valence-electron chi connectivity index (χ1n) is 8.83. The number of halogens is 5. The molecule has 1 unspecified atom stereocenters. The number of alkyl halides is 3. The topological polar surface area (TPSA) is 93.2 Å². The van der Waals surface area contributed by atoms with Gasteiger partial charge < -0.3 is 16.0 Å². The second kappa shape index (κ2) is 7.78. The average Bonchev–Trinajstić information content (AvgIpc) is 3.06. The summed E-state index contributed by atoms with van der Waals surface area (Å²) < 4.78 is 52.7. The van der Waals surface area contributed by atoms with Crippen LogP contribution in [-0.4, -0.2) is 51.4 Å². The second-order valence-electron chi connectivity index (χ2n) is 7.09. The van der Waals surface area contributed by atoms with Crippen LogP contribution in [-0.2, 0) is 11.3 Å². The van der Waals surface area contributed by atoms with E-state index in [1.54, 1.807) is 0 Å². The number of urea groups is 1. The molecule has 2 aromatic rings.